The number of hydrogen-bond donors (Lipinski definition) is 1. The molecule has 1 aliphatic rings. The van der Waals surface area contributed by atoms with E-state index in [1.165, 1.54) is 25.7 Å². The first-order chi connectivity index (χ1) is 6.74. The molecule has 1 heterocycles. The molecule has 1 aromatic heterocycles. The standard InChI is InChI=1S/C10H18N4/c1-8-3-2-4-9(5-8)7-14-12-6-10(11)13-14/h6,8-9H,2-5,7H2,1H3,(H2,11,13). The fraction of sp³-hybridized carbons (Fsp3) is 0.800. The van der Waals surface area contributed by atoms with Crippen molar-refractivity contribution in [2.75, 3.05) is 5.73 Å². The van der Waals surface area contributed by atoms with E-state index in [2.05, 4.69) is 17.1 Å². The van der Waals surface area contributed by atoms with Crippen LogP contribution in [0.4, 0.5) is 5.82 Å². The molecule has 0 amide bonds. The maximum Gasteiger partial charge on any atom is 0.165 e. The Kier molecular flexibility index (Phi) is 2.70. The highest BCUT2D eigenvalue weighted by atomic mass is 15.5. The highest BCUT2D eigenvalue weighted by Gasteiger charge is 2.19. The summed E-state index contributed by atoms with van der Waals surface area (Å²) in [7, 11) is 0. The minimum absolute atomic E-state index is 0.522. The number of anilines is 1. The number of nitrogen functional groups attached to an aromatic ring is 1. The summed E-state index contributed by atoms with van der Waals surface area (Å²) in [6.45, 7) is 3.26. The second-order valence-corrected chi connectivity index (χ2v) is 4.46. The van der Waals surface area contributed by atoms with Gasteiger partial charge in [-0.05, 0) is 24.7 Å². The molecule has 4 heteroatoms. The molecule has 78 valence electrons. The largest absolute Gasteiger partial charge is 0.381 e. The summed E-state index contributed by atoms with van der Waals surface area (Å²) in [5.74, 6) is 2.13. The Balaban J connectivity index is 1.90. The van der Waals surface area contributed by atoms with Crippen LogP contribution in [0.25, 0.3) is 0 Å². The monoisotopic (exact) mass is 194 g/mol. The van der Waals surface area contributed by atoms with E-state index < -0.39 is 0 Å². The molecule has 0 saturated heterocycles. The van der Waals surface area contributed by atoms with Crippen molar-refractivity contribution in [3.63, 3.8) is 0 Å². The van der Waals surface area contributed by atoms with Gasteiger partial charge >= 0.3 is 0 Å². The molecule has 0 spiro atoms. The Labute approximate surface area is 84.5 Å². The van der Waals surface area contributed by atoms with Gasteiger partial charge in [-0.3, -0.25) is 0 Å². The predicted molar refractivity (Wildman–Crippen MR) is 55.6 cm³/mol. The number of nitrogens with two attached hydrogens (primary N) is 1. The highest BCUT2D eigenvalue weighted by Crippen LogP contribution is 2.29. The molecule has 1 saturated carbocycles. The fourth-order valence-electron chi connectivity index (χ4n) is 2.36. The van der Waals surface area contributed by atoms with Gasteiger partial charge in [0.05, 0.1) is 12.7 Å². The van der Waals surface area contributed by atoms with E-state index in [9.17, 15) is 0 Å². The third-order valence-electron chi connectivity index (χ3n) is 3.02. The SMILES string of the molecule is CC1CCCC(Cn2ncc(N)n2)C1. The molecular weight excluding hydrogens is 176 g/mol. The van der Waals surface area contributed by atoms with Crippen LogP contribution < -0.4 is 5.73 Å². The number of aromatic nitrogens is 3. The first-order valence-electron chi connectivity index (χ1n) is 5.39. The summed E-state index contributed by atoms with van der Waals surface area (Å²) in [6.07, 6.45) is 6.97. The molecule has 1 fully saturated rings. The van der Waals surface area contributed by atoms with Crippen LogP contribution in [-0.2, 0) is 6.54 Å². The smallest absolute Gasteiger partial charge is 0.165 e. The van der Waals surface area contributed by atoms with Crippen LogP contribution >= 0.6 is 0 Å². The summed E-state index contributed by atoms with van der Waals surface area (Å²) >= 11 is 0. The minimum atomic E-state index is 0.522. The van der Waals surface area contributed by atoms with Crippen LogP contribution in [0.3, 0.4) is 0 Å². The van der Waals surface area contributed by atoms with Gasteiger partial charge in [-0.1, -0.05) is 19.8 Å². The lowest BCUT2D eigenvalue weighted by molar-refractivity contribution is 0.241. The normalized spacial score (nSPS) is 27.8. The lowest BCUT2D eigenvalue weighted by atomic mass is 9.82. The first-order valence-corrected chi connectivity index (χ1v) is 5.39. The van der Waals surface area contributed by atoms with Gasteiger partial charge in [0.15, 0.2) is 5.82 Å². The third-order valence-corrected chi connectivity index (χ3v) is 3.02. The molecule has 1 aliphatic carbocycles. The summed E-state index contributed by atoms with van der Waals surface area (Å²) in [4.78, 5) is 1.73. The average molecular weight is 194 g/mol. The molecule has 0 radical (unpaired) electrons. The molecule has 0 aromatic carbocycles. The van der Waals surface area contributed by atoms with Crippen LogP contribution in [-0.4, -0.2) is 15.0 Å². The maximum atomic E-state index is 5.52. The van der Waals surface area contributed by atoms with E-state index in [0.29, 0.717) is 5.82 Å². The zero-order valence-electron chi connectivity index (χ0n) is 8.69. The average Bonchev–Trinajstić information content (AvgIpc) is 2.51. The van der Waals surface area contributed by atoms with Crippen LogP contribution in [0.5, 0.6) is 0 Å². The van der Waals surface area contributed by atoms with Crippen molar-refractivity contribution in [3.8, 4) is 0 Å². The number of nitrogens with zero attached hydrogens (tertiary/aromatic N) is 3. The van der Waals surface area contributed by atoms with Crippen LogP contribution in [0.1, 0.15) is 32.6 Å². The molecule has 14 heavy (non-hydrogen) atoms. The summed E-state index contributed by atoms with van der Waals surface area (Å²) in [5.41, 5.74) is 5.52. The van der Waals surface area contributed by atoms with Gasteiger partial charge in [-0.25, -0.2) is 0 Å². The molecule has 0 aliphatic heterocycles. The van der Waals surface area contributed by atoms with Crippen molar-refractivity contribution in [3.05, 3.63) is 6.20 Å². The molecule has 2 rings (SSSR count). The number of hydrogen-bond acceptors (Lipinski definition) is 3. The van der Waals surface area contributed by atoms with E-state index >= 15 is 0 Å². The Bertz CT molecular complexity index is 294. The molecule has 2 unspecified atom stereocenters. The predicted octanol–water partition coefficient (Wildman–Crippen LogP) is 1.69. The molecule has 0 bridgehead atoms. The second-order valence-electron chi connectivity index (χ2n) is 4.46. The molecule has 2 atom stereocenters. The quantitative estimate of drug-likeness (QED) is 0.779. The first kappa shape index (κ1) is 9.49. The van der Waals surface area contributed by atoms with Gasteiger partial charge in [0.1, 0.15) is 0 Å². The Hall–Kier alpha value is -1.06. The van der Waals surface area contributed by atoms with Crippen molar-refractivity contribution in [1.29, 1.82) is 0 Å². The van der Waals surface area contributed by atoms with Crippen molar-refractivity contribution in [2.45, 2.75) is 39.2 Å². The highest BCUT2D eigenvalue weighted by molar-refractivity contribution is 5.19. The van der Waals surface area contributed by atoms with Gasteiger partial charge < -0.3 is 5.73 Å². The molecule has 2 N–H and O–H groups in total. The zero-order chi connectivity index (χ0) is 9.97. The van der Waals surface area contributed by atoms with E-state index in [1.54, 1.807) is 11.0 Å². The van der Waals surface area contributed by atoms with Crippen molar-refractivity contribution in [2.24, 2.45) is 11.8 Å². The van der Waals surface area contributed by atoms with E-state index in [1.807, 2.05) is 0 Å². The van der Waals surface area contributed by atoms with E-state index in [4.69, 9.17) is 5.73 Å². The van der Waals surface area contributed by atoms with Gasteiger partial charge in [0, 0.05) is 0 Å². The third kappa shape index (κ3) is 2.25. The van der Waals surface area contributed by atoms with Crippen LogP contribution in [0.2, 0.25) is 0 Å². The van der Waals surface area contributed by atoms with Crippen LogP contribution in [0, 0.1) is 11.8 Å². The topological polar surface area (TPSA) is 56.7 Å². The minimum Gasteiger partial charge on any atom is -0.381 e. The lowest BCUT2D eigenvalue weighted by Crippen LogP contribution is -2.19. The van der Waals surface area contributed by atoms with Crippen LogP contribution in [0.15, 0.2) is 6.20 Å². The Morgan fingerprint density at radius 3 is 3.07 bits per heavy atom. The maximum absolute atomic E-state index is 5.52. The molecular formula is C10H18N4. The van der Waals surface area contributed by atoms with Gasteiger partial charge in [0.2, 0.25) is 0 Å². The van der Waals surface area contributed by atoms with E-state index in [0.717, 1.165) is 18.4 Å². The lowest BCUT2D eigenvalue weighted by Gasteiger charge is -2.25. The summed E-state index contributed by atoms with van der Waals surface area (Å²) < 4.78 is 0. The zero-order valence-corrected chi connectivity index (χ0v) is 8.69. The fourth-order valence-corrected chi connectivity index (χ4v) is 2.36. The van der Waals surface area contributed by atoms with Gasteiger partial charge in [0.25, 0.3) is 0 Å². The molecule has 1 aromatic rings. The van der Waals surface area contributed by atoms with Crippen molar-refractivity contribution < 1.29 is 0 Å². The van der Waals surface area contributed by atoms with Crippen molar-refractivity contribution >= 4 is 5.82 Å². The molecule has 4 nitrogen and oxygen atoms in total. The van der Waals surface area contributed by atoms with Crippen molar-refractivity contribution in [1.82, 2.24) is 15.0 Å². The summed E-state index contributed by atoms with van der Waals surface area (Å²) in [5, 5.41) is 8.23. The Morgan fingerprint density at radius 1 is 1.57 bits per heavy atom. The second kappa shape index (κ2) is 3.98. The van der Waals surface area contributed by atoms with E-state index in [-0.39, 0.29) is 0 Å². The van der Waals surface area contributed by atoms with Gasteiger partial charge in [-0.2, -0.15) is 9.90 Å². The van der Waals surface area contributed by atoms with Gasteiger partial charge in [-0.15, -0.1) is 5.10 Å². The number of rotatable bonds is 2. The summed E-state index contributed by atoms with van der Waals surface area (Å²) in [6, 6.07) is 0. The Morgan fingerprint density at radius 2 is 2.43 bits per heavy atom.